The van der Waals surface area contributed by atoms with Crippen LogP contribution in [0, 0.1) is 0 Å². The zero-order valence-corrected chi connectivity index (χ0v) is 8.53. The Morgan fingerprint density at radius 1 is 1.31 bits per heavy atom. The highest BCUT2D eigenvalue weighted by atomic mass is 16.1. The van der Waals surface area contributed by atoms with E-state index in [2.05, 4.69) is 11.5 Å². The Morgan fingerprint density at radius 3 is 2.15 bits per heavy atom. The van der Waals surface area contributed by atoms with Crippen LogP contribution in [0.15, 0.2) is 12.7 Å². The van der Waals surface area contributed by atoms with Gasteiger partial charge in [-0.1, -0.05) is 6.58 Å². The molecule has 0 aromatic carbocycles. The van der Waals surface area contributed by atoms with Crippen molar-refractivity contribution in [1.29, 1.82) is 0 Å². The third-order valence-electron chi connectivity index (χ3n) is 2.22. The fraction of sp³-hybridized carbons (Fsp3) is 0.667. The Labute approximate surface area is 79.4 Å². The number of ketones is 1. The topological polar surface area (TPSA) is 26.8 Å². The van der Waals surface area contributed by atoms with Crippen LogP contribution in [0.25, 0.3) is 0 Å². The Morgan fingerprint density at radius 2 is 1.77 bits per heavy atom. The maximum atomic E-state index is 11.5. The van der Waals surface area contributed by atoms with Gasteiger partial charge in [-0.05, 0) is 27.2 Å². The molecular formula is C9H17N3O. The molecule has 0 radical (unpaired) electrons. The maximum Gasteiger partial charge on any atom is 0.187 e. The zero-order chi connectivity index (χ0) is 10.0. The summed E-state index contributed by atoms with van der Waals surface area (Å²) in [6.45, 7) is 5.14. The van der Waals surface area contributed by atoms with Gasteiger partial charge in [-0.3, -0.25) is 19.5 Å². The first-order valence-electron chi connectivity index (χ1n) is 4.31. The summed E-state index contributed by atoms with van der Waals surface area (Å²) in [4.78, 5) is 17.6. The van der Waals surface area contributed by atoms with Crippen LogP contribution in [0.2, 0.25) is 0 Å². The van der Waals surface area contributed by atoms with Gasteiger partial charge in [-0.15, -0.1) is 0 Å². The van der Waals surface area contributed by atoms with E-state index in [4.69, 9.17) is 0 Å². The first kappa shape index (κ1) is 10.4. The van der Waals surface area contributed by atoms with Crippen LogP contribution in [0.4, 0.5) is 0 Å². The van der Waals surface area contributed by atoms with E-state index in [1.165, 1.54) is 6.08 Å². The minimum atomic E-state index is -0.145. The van der Waals surface area contributed by atoms with Crippen LogP contribution < -0.4 is 0 Å². The molecule has 0 bridgehead atoms. The van der Waals surface area contributed by atoms with Crippen molar-refractivity contribution in [2.24, 2.45) is 0 Å². The van der Waals surface area contributed by atoms with Crippen LogP contribution in [-0.4, -0.2) is 61.1 Å². The normalized spacial score (nSPS) is 23.3. The summed E-state index contributed by atoms with van der Waals surface area (Å²) < 4.78 is 0. The molecule has 0 aromatic rings. The van der Waals surface area contributed by atoms with E-state index in [0.29, 0.717) is 0 Å². The molecule has 0 spiro atoms. The van der Waals surface area contributed by atoms with Crippen molar-refractivity contribution in [1.82, 2.24) is 14.7 Å². The van der Waals surface area contributed by atoms with Crippen molar-refractivity contribution in [3.63, 3.8) is 0 Å². The van der Waals surface area contributed by atoms with Crippen LogP contribution in [0.3, 0.4) is 0 Å². The zero-order valence-electron chi connectivity index (χ0n) is 8.53. The van der Waals surface area contributed by atoms with Gasteiger partial charge in [0, 0.05) is 0 Å². The van der Waals surface area contributed by atoms with Crippen molar-refractivity contribution in [3.05, 3.63) is 12.7 Å². The molecule has 0 atom stereocenters. The first-order valence-corrected chi connectivity index (χ1v) is 4.31. The predicted molar refractivity (Wildman–Crippen MR) is 52.0 cm³/mol. The predicted octanol–water partition coefficient (Wildman–Crippen LogP) is -0.208. The van der Waals surface area contributed by atoms with Gasteiger partial charge < -0.3 is 0 Å². The SMILES string of the molecule is C=CC(=O)C1N(C)CN(C)CN1C. The summed E-state index contributed by atoms with van der Waals surface area (Å²) in [5.74, 6) is 0.0677. The third-order valence-corrected chi connectivity index (χ3v) is 2.22. The van der Waals surface area contributed by atoms with Crippen LogP contribution in [-0.2, 0) is 4.79 Å². The van der Waals surface area contributed by atoms with Gasteiger partial charge in [0.25, 0.3) is 0 Å². The minimum absolute atomic E-state index is 0.0677. The van der Waals surface area contributed by atoms with E-state index in [1.54, 1.807) is 0 Å². The molecule has 0 N–H and O–H groups in total. The van der Waals surface area contributed by atoms with Crippen molar-refractivity contribution < 1.29 is 4.79 Å². The van der Waals surface area contributed by atoms with Crippen molar-refractivity contribution >= 4 is 5.78 Å². The molecule has 4 nitrogen and oxygen atoms in total. The summed E-state index contributed by atoms with van der Waals surface area (Å²) in [6.07, 6.45) is 1.25. The number of rotatable bonds is 2. The largest absolute Gasteiger partial charge is 0.292 e. The lowest BCUT2D eigenvalue weighted by Crippen LogP contribution is -2.60. The molecule has 1 aliphatic rings. The van der Waals surface area contributed by atoms with E-state index in [-0.39, 0.29) is 11.9 Å². The van der Waals surface area contributed by atoms with E-state index < -0.39 is 0 Å². The van der Waals surface area contributed by atoms with E-state index in [0.717, 1.165) is 13.3 Å². The quantitative estimate of drug-likeness (QED) is 0.554. The van der Waals surface area contributed by atoms with Gasteiger partial charge in [0.2, 0.25) is 0 Å². The molecule has 74 valence electrons. The highest BCUT2D eigenvalue weighted by Gasteiger charge is 2.30. The lowest BCUT2D eigenvalue weighted by molar-refractivity contribution is -0.133. The fourth-order valence-electron chi connectivity index (χ4n) is 1.84. The van der Waals surface area contributed by atoms with E-state index in [1.807, 2.05) is 30.9 Å². The van der Waals surface area contributed by atoms with Crippen LogP contribution >= 0.6 is 0 Å². The Balaban J connectivity index is 2.72. The van der Waals surface area contributed by atoms with Gasteiger partial charge >= 0.3 is 0 Å². The molecule has 13 heavy (non-hydrogen) atoms. The molecule has 1 heterocycles. The van der Waals surface area contributed by atoms with Crippen molar-refractivity contribution in [2.45, 2.75) is 6.17 Å². The van der Waals surface area contributed by atoms with Crippen molar-refractivity contribution in [3.8, 4) is 0 Å². The highest BCUT2D eigenvalue weighted by Crippen LogP contribution is 2.10. The molecule has 4 heteroatoms. The first-order chi connectivity index (χ1) is 6.06. The van der Waals surface area contributed by atoms with Gasteiger partial charge in [-0.25, -0.2) is 0 Å². The summed E-state index contributed by atoms with van der Waals surface area (Å²) in [7, 11) is 5.91. The molecule has 0 amide bonds. The van der Waals surface area contributed by atoms with Crippen LogP contribution in [0.5, 0.6) is 0 Å². The summed E-state index contributed by atoms with van der Waals surface area (Å²) >= 11 is 0. The minimum Gasteiger partial charge on any atom is -0.292 e. The Hall–Kier alpha value is -0.710. The van der Waals surface area contributed by atoms with Gasteiger partial charge in [0.05, 0.1) is 13.3 Å². The number of hydrogen-bond acceptors (Lipinski definition) is 4. The summed E-state index contributed by atoms with van der Waals surface area (Å²) in [6, 6.07) is 0. The van der Waals surface area contributed by atoms with Gasteiger partial charge in [-0.2, -0.15) is 0 Å². The van der Waals surface area contributed by atoms with E-state index in [9.17, 15) is 4.79 Å². The Kier molecular flexibility index (Phi) is 3.19. The third kappa shape index (κ3) is 2.15. The number of hydrogen-bond donors (Lipinski definition) is 0. The monoisotopic (exact) mass is 183 g/mol. The molecular weight excluding hydrogens is 166 g/mol. The molecule has 0 aliphatic carbocycles. The molecule has 0 saturated carbocycles. The van der Waals surface area contributed by atoms with Crippen LogP contribution in [0.1, 0.15) is 0 Å². The lowest BCUT2D eigenvalue weighted by atomic mass is 10.2. The molecule has 1 fully saturated rings. The fourth-order valence-corrected chi connectivity index (χ4v) is 1.84. The van der Waals surface area contributed by atoms with E-state index >= 15 is 0 Å². The second kappa shape index (κ2) is 4.00. The molecule has 1 rings (SSSR count). The molecule has 1 aliphatic heterocycles. The molecule has 0 aromatic heterocycles. The van der Waals surface area contributed by atoms with Gasteiger partial charge in [0.15, 0.2) is 5.78 Å². The highest BCUT2D eigenvalue weighted by molar-refractivity contribution is 5.93. The van der Waals surface area contributed by atoms with Gasteiger partial charge in [0.1, 0.15) is 6.17 Å². The number of carbonyl (C=O) groups is 1. The molecule has 0 unspecified atom stereocenters. The second-order valence-corrected chi connectivity index (χ2v) is 3.63. The smallest absolute Gasteiger partial charge is 0.187 e. The molecule has 1 saturated heterocycles. The summed E-state index contributed by atoms with van der Waals surface area (Å²) in [5, 5.41) is 0. The standard InChI is InChI=1S/C9H17N3O/c1-5-8(13)9-11(3)6-10(2)7-12(9)4/h5,9H,1,6-7H2,2-4H3. The average molecular weight is 183 g/mol. The Bertz CT molecular complexity index is 205. The average Bonchev–Trinajstić information content (AvgIpc) is 2.02. The second-order valence-electron chi connectivity index (χ2n) is 3.63. The number of carbonyl (C=O) groups excluding carboxylic acids is 1. The number of likely N-dealkylation sites (N-methyl/N-ethyl adjacent to an activating group) is 2. The lowest BCUT2D eigenvalue weighted by Gasteiger charge is -2.42. The number of nitrogens with zero attached hydrogens (tertiary/aromatic N) is 3. The van der Waals surface area contributed by atoms with Crippen molar-refractivity contribution in [2.75, 3.05) is 34.5 Å². The summed E-state index contributed by atoms with van der Waals surface area (Å²) in [5.41, 5.74) is 0. The maximum absolute atomic E-state index is 11.5.